The van der Waals surface area contributed by atoms with Crippen molar-refractivity contribution < 1.29 is 39.3 Å². The Morgan fingerprint density at radius 1 is 1.09 bits per heavy atom. The smallest absolute Gasteiger partial charge is 0.327 e. The Labute approximate surface area is 187 Å². The number of rotatable bonds is 13. The molecule has 1 aromatic heterocycles. The second-order valence-corrected chi connectivity index (χ2v) is 7.22. The summed E-state index contributed by atoms with van der Waals surface area (Å²) in [4.78, 5) is 66.0. The highest BCUT2D eigenvalue weighted by molar-refractivity contribution is 7.80. The summed E-state index contributed by atoms with van der Waals surface area (Å²) in [6, 6.07) is -5.78. The first-order chi connectivity index (χ1) is 15.0. The number of amides is 3. The molecule has 5 unspecified atom stereocenters. The highest BCUT2D eigenvalue weighted by atomic mass is 32.1. The van der Waals surface area contributed by atoms with Crippen molar-refractivity contribution in [3.63, 3.8) is 0 Å². The van der Waals surface area contributed by atoms with Crippen molar-refractivity contribution in [2.75, 3.05) is 5.75 Å². The Morgan fingerprint density at radius 2 is 1.72 bits per heavy atom. The molecule has 178 valence electrons. The van der Waals surface area contributed by atoms with Gasteiger partial charge >= 0.3 is 11.9 Å². The summed E-state index contributed by atoms with van der Waals surface area (Å²) >= 11 is 3.79. The van der Waals surface area contributed by atoms with E-state index in [1.165, 1.54) is 19.4 Å². The number of aliphatic hydroxyl groups is 1. The molecule has 32 heavy (non-hydrogen) atoms. The first-order valence-corrected chi connectivity index (χ1v) is 9.97. The number of nitrogens with one attached hydrogen (secondary N) is 4. The lowest BCUT2D eigenvalue weighted by Gasteiger charge is -2.25. The van der Waals surface area contributed by atoms with Crippen LogP contribution in [0, 0.1) is 0 Å². The fourth-order valence-corrected chi connectivity index (χ4v) is 2.74. The Morgan fingerprint density at radius 3 is 2.19 bits per heavy atom. The van der Waals surface area contributed by atoms with Crippen molar-refractivity contribution in [1.82, 2.24) is 25.9 Å². The molecular formula is C17H26N6O8S. The highest BCUT2D eigenvalue weighted by Crippen LogP contribution is 2.02. The van der Waals surface area contributed by atoms with Crippen LogP contribution in [0.15, 0.2) is 12.5 Å². The maximum atomic E-state index is 12.6. The minimum Gasteiger partial charge on any atom is -0.481 e. The first-order valence-electron chi connectivity index (χ1n) is 9.33. The molecule has 5 atom stereocenters. The second kappa shape index (κ2) is 12.6. The van der Waals surface area contributed by atoms with Crippen LogP contribution in [0.3, 0.4) is 0 Å². The van der Waals surface area contributed by atoms with Gasteiger partial charge in [-0.3, -0.25) is 19.2 Å². The van der Waals surface area contributed by atoms with E-state index < -0.39 is 66.4 Å². The molecule has 0 saturated heterocycles. The number of carboxylic acids is 2. The number of carboxylic acid groups (broad SMARTS) is 2. The zero-order chi connectivity index (χ0) is 24.4. The van der Waals surface area contributed by atoms with Crippen LogP contribution in [0.4, 0.5) is 0 Å². The molecule has 0 bridgehead atoms. The Bertz CT molecular complexity index is 818. The van der Waals surface area contributed by atoms with Crippen molar-refractivity contribution in [1.29, 1.82) is 0 Å². The van der Waals surface area contributed by atoms with Crippen LogP contribution in [0.1, 0.15) is 19.0 Å². The topological polar surface area (TPSA) is 237 Å². The third-order valence-corrected chi connectivity index (χ3v) is 4.57. The number of H-pyrrole nitrogens is 1. The van der Waals surface area contributed by atoms with Crippen molar-refractivity contribution in [2.45, 2.75) is 50.0 Å². The van der Waals surface area contributed by atoms with Crippen LogP contribution < -0.4 is 21.7 Å². The molecule has 0 aromatic carbocycles. The number of thiol groups is 1. The number of aliphatic hydroxyl groups excluding tert-OH is 1. The number of hydrogen-bond donors (Lipinski definition) is 9. The Balaban J connectivity index is 2.88. The number of hydrogen-bond acceptors (Lipinski definition) is 9. The summed E-state index contributed by atoms with van der Waals surface area (Å²) in [5.74, 6) is -6.09. The van der Waals surface area contributed by atoms with Crippen LogP contribution in [-0.2, 0) is 30.4 Å². The van der Waals surface area contributed by atoms with Gasteiger partial charge in [0.05, 0.1) is 24.9 Å². The fourth-order valence-electron chi connectivity index (χ4n) is 2.49. The molecule has 0 saturated carbocycles. The van der Waals surface area contributed by atoms with E-state index in [1.807, 2.05) is 0 Å². The highest BCUT2D eigenvalue weighted by Gasteiger charge is 2.33. The number of nitrogens with two attached hydrogens (primary N) is 1. The van der Waals surface area contributed by atoms with Gasteiger partial charge in [-0.15, -0.1) is 0 Å². The number of aromatic nitrogens is 2. The minimum absolute atomic E-state index is 0.0599. The van der Waals surface area contributed by atoms with Crippen molar-refractivity contribution >= 4 is 42.3 Å². The minimum atomic E-state index is -1.68. The second-order valence-electron chi connectivity index (χ2n) is 6.86. The normalized spacial score (nSPS) is 15.5. The average Bonchev–Trinajstić information content (AvgIpc) is 3.21. The van der Waals surface area contributed by atoms with Gasteiger partial charge in [-0.2, -0.15) is 12.6 Å². The molecule has 1 rings (SSSR count). The van der Waals surface area contributed by atoms with Gasteiger partial charge in [-0.1, -0.05) is 0 Å². The van der Waals surface area contributed by atoms with Crippen LogP contribution in [0.2, 0.25) is 0 Å². The van der Waals surface area contributed by atoms with Crippen molar-refractivity contribution in [3.8, 4) is 0 Å². The molecular weight excluding hydrogens is 448 g/mol. The predicted molar refractivity (Wildman–Crippen MR) is 111 cm³/mol. The number of aliphatic carboxylic acids is 2. The molecule has 3 amide bonds. The van der Waals surface area contributed by atoms with E-state index in [0.717, 1.165) is 0 Å². The predicted octanol–water partition coefficient (Wildman–Crippen LogP) is -3.40. The van der Waals surface area contributed by atoms with E-state index in [-0.39, 0.29) is 12.2 Å². The molecule has 0 aliphatic rings. The lowest BCUT2D eigenvalue weighted by molar-refractivity contribution is -0.143. The zero-order valence-corrected chi connectivity index (χ0v) is 17.9. The average molecular weight is 474 g/mol. The van der Waals surface area contributed by atoms with E-state index >= 15 is 0 Å². The monoisotopic (exact) mass is 474 g/mol. The van der Waals surface area contributed by atoms with Gasteiger partial charge in [0, 0.05) is 24.1 Å². The summed E-state index contributed by atoms with van der Waals surface area (Å²) in [5, 5.41) is 34.4. The molecule has 1 aromatic rings. The SMILES string of the molecule is CC(O)C(NC(=O)C(N)Cc1cnc[nH]1)C(=O)NC(CC(=O)O)C(=O)NC(CS)C(=O)O. The molecule has 1 heterocycles. The van der Waals surface area contributed by atoms with Crippen molar-refractivity contribution in [2.24, 2.45) is 5.73 Å². The van der Waals surface area contributed by atoms with Gasteiger partial charge in [0.25, 0.3) is 0 Å². The maximum absolute atomic E-state index is 12.6. The molecule has 0 aliphatic carbocycles. The summed E-state index contributed by atoms with van der Waals surface area (Å²) in [7, 11) is 0. The largest absolute Gasteiger partial charge is 0.481 e. The third-order valence-electron chi connectivity index (χ3n) is 4.20. The molecule has 0 spiro atoms. The number of aromatic amines is 1. The summed E-state index contributed by atoms with van der Waals surface area (Å²) < 4.78 is 0. The van der Waals surface area contributed by atoms with Gasteiger partial charge in [-0.05, 0) is 6.92 Å². The van der Waals surface area contributed by atoms with E-state index in [4.69, 9.17) is 15.9 Å². The van der Waals surface area contributed by atoms with Gasteiger partial charge in [0.2, 0.25) is 17.7 Å². The summed E-state index contributed by atoms with van der Waals surface area (Å²) in [6.07, 6.45) is 0.593. The Hall–Kier alpha value is -3.17. The lowest BCUT2D eigenvalue weighted by atomic mass is 10.1. The van der Waals surface area contributed by atoms with Crippen LogP contribution in [0.5, 0.6) is 0 Å². The molecule has 0 aliphatic heterocycles. The third kappa shape index (κ3) is 8.52. The molecule has 0 radical (unpaired) electrons. The zero-order valence-electron chi connectivity index (χ0n) is 17.0. The quantitative estimate of drug-likeness (QED) is 0.128. The molecule has 9 N–H and O–H groups in total. The van der Waals surface area contributed by atoms with Crippen LogP contribution >= 0.6 is 12.6 Å². The van der Waals surface area contributed by atoms with Crippen LogP contribution in [0.25, 0.3) is 0 Å². The standard InChI is InChI=1S/C17H26N6O8S/c1-7(24)13(23-14(27)9(18)2-8-4-19-6-20-8)16(29)21-10(3-12(25)26)15(28)22-11(5-32)17(30)31/h4,6-7,9-11,13,24,32H,2-3,5,18H2,1H3,(H,19,20)(H,21,29)(H,22,28)(H,23,27)(H,25,26)(H,30,31). The van der Waals surface area contributed by atoms with Gasteiger partial charge < -0.3 is 42.0 Å². The fraction of sp³-hybridized carbons (Fsp3) is 0.529. The molecule has 15 heteroatoms. The van der Waals surface area contributed by atoms with Gasteiger partial charge in [-0.25, -0.2) is 9.78 Å². The number of carbonyl (C=O) groups excluding carboxylic acids is 3. The van der Waals surface area contributed by atoms with E-state index in [9.17, 15) is 29.1 Å². The number of carbonyl (C=O) groups is 5. The number of imidazole rings is 1. The van der Waals surface area contributed by atoms with Gasteiger partial charge in [0.1, 0.15) is 18.1 Å². The van der Waals surface area contributed by atoms with Gasteiger partial charge in [0.15, 0.2) is 0 Å². The molecule has 14 nitrogen and oxygen atoms in total. The van der Waals surface area contributed by atoms with E-state index in [2.05, 4.69) is 38.5 Å². The van der Waals surface area contributed by atoms with E-state index in [0.29, 0.717) is 5.69 Å². The summed E-state index contributed by atoms with van der Waals surface area (Å²) in [5.41, 5.74) is 6.35. The first kappa shape index (κ1) is 26.9. The lowest BCUT2D eigenvalue weighted by Crippen LogP contribution is -2.60. The summed E-state index contributed by atoms with van der Waals surface area (Å²) in [6.45, 7) is 1.19. The van der Waals surface area contributed by atoms with E-state index in [1.54, 1.807) is 0 Å². The Kier molecular flexibility index (Phi) is 10.6. The number of nitrogens with zero attached hydrogens (tertiary/aromatic N) is 1. The van der Waals surface area contributed by atoms with Crippen LogP contribution in [-0.4, -0.2) is 91.0 Å². The maximum Gasteiger partial charge on any atom is 0.327 e. The van der Waals surface area contributed by atoms with Crippen molar-refractivity contribution in [3.05, 3.63) is 18.2 Å². The molecule has 0 fully saturated rings.